The van der Waals surface area contributed by atoms with Crippen molar-refractivity contribution in [2.45, 2.75) is 0 Å². The highest BCUT2D eigenvalue weighted by atomic mass is 15.2. The maximum absolute atomic E-state index is 5.18. The third-order valence-corrected chi connectivity index (χ3v) is 9.42. The first kappa shape index (κ1) is 29.4. The van der Waals surface area contributed by atoms with Gasteiger partial charge in [0.25, 0.3) is 0 Å². The van der Waals surface area contributed by atoms with E-state index in [-0.39, 0.29) is 0 Å². The lowest BCUT2D eigenvalue weighted by Crippen LogP contribution is -2.11. The van der Waals surface area contributed by atoms with E-state index in [0.29, 0.717) is 0 Å². The number of aromatic nitrogens is 2. The summed E-state index contributed by atoms with van der Waals surface area (Å²) in [6.07, 6.45) is 0. The molecule has 0 radical (unpaired) electrons. The average Bonchev–Trinajstić information content (AvgIpc) is 3.66. The van der Waals surface area contributed by atoms with Crippen LogP contribution in [0.5, 0.6) is 0 Å². The average molecular weight is 640 g/mol. The van der Waals surface area contributed by atoms with Gasteiger partial charge in [0.1, 0.15) is 0 Å². The minimum absolute atomic E-state index is 0.950. The highest BCUT2D eigenvalue weighted by Crippen LogP contribution is 2.42. The van der Waals surface area contributed by atoms with Crippen LogP contribution in [0, 0.1) is 0 Å². The predicted molar refractivity (Wildman–Crippen MR) is 209 cm³/mol. The van der Waals surface area contributed by atoms with Crippen LogP contribution in [0.3, 0.4) is 0 Å². The summed E-state index contributed by atoms with van der Waals surface area (Å²) in [4.78, 5) is 2.38. The Hall–Kier alpha value is -6.71. The highest BCUT2D eigenvalue weighted by Gasteiger charge is 2.20. The van der Waals surface area contributed by atoms with E-state index in [1.54, 1.807) is 0 Å². The van der Waals surface area contributed by atoms with E-state index in [0.717, 1.165) is 55.9 Å². The Morgan fingerprint density at radius 1 is 0.360 bits per heavy atom. The van der Waals surface area contributed by atoms with Crippen LogP contribution in [0.25, 0.3) is 61.1 Å². The fourth-order valence-electron chi connectivity index (χ4n) is 6.94. The number of anilines is 3. The van der Waals surface area contributed by atoms with Gasteiger partial charge in [-0.15, -0.1) is 0 Å². The van der Waals surface area contributed by atoms with Crippen LogP contribution in [0.2, 0.25) is 0 Å². The summed E-state index contributed by atoms with van der Waals surface area (Å²) < 4.78 is 2.11. The topological polar surface area (TPSA) is 20.5 Å². The molecule has 0 spiro atoms. The van der Waals surface area contributed by atoms with Crippen molar-refractivity contribution in [2.24, 2.45) is 0 Å². The van der Waals surface area contributed by atoms with Crippen molar-refractivity contribution in [3.8, 4) is 44.8 Å². The molecule has 0 aliphatic carbocycles. The van der Waals surface area contributed by atoms with Crippen molar-refractivity contribution in [1.82, 2.24) is 9.61 Å². The number of pyridine rings is 1. The van der Waals surface area contributed by atoms with Crippen LogP contribution in [0.1, 0.15) is 0 Å². The summed E-state index contributed by atoms with van der Waals surface area (Å²) in [7, 11) is 0. The molecule has 3 nitrogen and oxygen atoms in total. The number of rotatable bonds is 7. The molecule has 0 saturated heterocycles. The Bertz CT molecular complexity index is 2460. The molecule has 9 aromatic rings. The lowest BCUT2D eigenvalue weighted by atomic mass is 10.0. The Morgan fingerprint density at radius 3 is 1.34 bits per heavy atom. The van der Waals surface area contributed by atoms with Crippen molar-refractivity contribution in [2.75, 3.05) is 4.90 Å². The zero-order valence-electron chi connectivity index (χ0n) is 27.4. The van der Waals surface area contributed by atoms with Gasteiger partial charge in [-0.25, -0.2) is 4.52 Å². The summed E-state index contributed by atoms with van der Waals surface area (Å²) >= 11 is 0. The maximum atomic E-state index is 5.18. The molecule has 0 aliphatic rings. The van der Waals surface area contributed by atoms with Gasteiger partial charge < -0.3 is 4.90 Å². The van der Waals surface area contributed by atoms with E-state index in [1.807, 2.05) is 6.07 Å². The number of hydrogen-bond acceptors (Lipinski definition) is 2. The van der Waals surface area contributed by atoms with Gasteiger partial charge in [0.15, 0.2) is 0 Å². The molecular weight excluding hydrogens is 607 g/mol. The Balaban J connectivity index is 1.27. The molecule has 50 heavy (non-hydrogen) atoms. The van der Waals surface area contributed by atoms with Gasteiger partial charge in [0, 0.05) is 33.3 Å². The van der Waals surface area contributed by atoms with E-state index < -0.39 is 0 Å². The first-order valence-corrected chi connectivity index (χ1v) is 17.0. The molecule has 0 fully saturated rings. The minimum atomic E-state index is 0.950. The van der Waals surface area contributed by atoms with Gasteiger partial charge in [0.05, 0.1) is 22.6 Å². The molecule has 2 heterocycles. The molecule has 236 valence electrons. The zero-order valence-corrected chi connectivity index (χ0v) is 27.4. The van der Waals surface area contributed by atoms with E-state index in [9.17, 15) is 0 Å². The van der Waals surface area contributed by atoms with Crippen LogP contribution in [0.15, 0.2) is 200 Å². The molecule has 0 bridgehead atoms. The number of benzene rings is 7. The molecule has 0 aliphatic heterocycles. The van der Waals surface area contributed by atoms with Gasteiger partial charge in [-0.1, -0.05) is 158 Å². The smallest absolute Gasteiger partial charge is 0.0934 e. The second-order valence-corrected chi connectivity index (χ2v) is 12.5. The first-order valence-electron chi connectivity index (χ1n) is 17.0. The molecule has 3 heteroatoms. The largest absolute Gasteiger partial charge is 0.310 e. The molecule has 7 aromatic carbocycles. The highest BCUT2D eigenvalue weighted by molar-refractivity contribution is 6.08. The predicted octanol–water partition coefficient (Wildman–Crippen LogP) is 12.6. The van der Waals surface area contributed by atoms with Gasteiger partial charge in [0.2, 0.25) is 0 Å². The summed E-state index contributed by atoms with van der Waals surface area (Å²) in [5.74, 6) is 0. The van der Waals surface area contributed by atoms with Crippen LogP contribution in [-0.4, -0.2) is 9.61 Å². The van der Waals surface area contributed by atoms with Crippen LogP contribution < -0.4 is 4.90 Å². The summed E-state index contributed by atoms with van der Waals surface area (Å²) in [5, 5.41) is 7.47. The quantitative estimate of drug-likeness (QED) is 0.173. The molecule has 0 saturated carbocycles. The van der Waals surface area contributed by atoms with E-state index in [4.69, 9.17) is 5.10 Å². The summed E-state index contributed by atoms with van der Waals surface area (Å²) in [6, 6.07) is 71.0. The molecule has 0 atom stereocenters. The Morgan fingerprint density at radius 2 is 0.820 bits per heavy atom. The van der Waals surface area contributed by atoms with Crippen LogP contribution in [-0.2, 0) is 0 Å². The monoisotopic (exact) mass is 639 g/mol. The third-order valence-electron chi connectivity index (χ3n) is 9.42. The number of nitrogens with zero attached hydrogens (tertiary/aromatic N) is 3. The van der Waals surface area contributed by atoms with Gasteiger partial charge in [-0.2, -0.15) is 5.10 Å². The number of hydrogen-bond donors (Lipinski definition) is 0. The van der Waals surface area contributed by atoms with Crippen molar-refractivity contribution in [3.05, 3.63) is 200 Å². The van der Waals surface area contributed by atoms with Crippen molar-refractivity contribution in [1.29, 1.82) is 0 Å². The second-order valence-electron chi connectivity index (χ2n) is 12.5. The zero-order chi connectivity index (χ0) is 33.3. The fraction of sp³-hybridized carbons (Fsp3) is 0. The van der Waals surface area contributed by atoms with E-state index in [2.05, 4.69) is 204 Å². The normalized spacial score (nSPS) is 11.2. The Labute approximate surface area is 292 Å². The van der Waals surface area contributed by atoms with Gasteiger partial charge >= 0.3 is 0 Å². The molecular formula is C47H33N3. The van der Waals surface area contributed by atoms with Gasteiger partial charge in [-0.05, 0) is 64.7 Å². The molecule has 0 amide bonds. The van der Waals surface area contributed by atoms with Crippen LogP contribution in [0.4, 0.5) is 17.1 Å². The second kappa shape index (κ2) is 12.7. The summed E-state index contributed by atoms with van der Waals surface area (Å²) in [6.45, 7) is 0. The first-order chi connectivity index (χ1) is 24.8. The number of fused-ring (bicyclic) bond motifs is 3. The lowest BCUT2D eigenvalue weighted by molar-refractivity contribution is 0.979. The standard InChI is InChI=1S/C47H33N3/c1-5-14-34(15-6-1)36-24-28-40(29-25-36)49(41-30-26-37(27-31-41)35-16-7-2-8-17-35)45-23-13-22-42-43(45)32-46(39-20-11-4-12-21-39)50-47(42)33-44(48-50)38-18-9-3-10-19-38/h1-33H. The lowest BCUT2D eigenvalue weighted by Gasteiger charge is -2.27. The van der Waals surface area contributed by atoms with E-state index in [1.165, 1.54) is 22.3 Å². The molecule has 9 rings (SSSR count). The minimum Gasteiger partial charge on any atom is -0.310 e. The van der Waals surface area contributed by atoms with Gasteiger partial charge in [-0.3, -0.25) is 0 Å². The van der Waals surface area contributed by atoms with E-state index >= 15 is 0 Å². The van der Waals surface area contributed by atoms with Crippen molar-refractivity contribution >= 4 is 33.4 Å². The van der Waals surface area contributed by atoms with Crippen molar-refractivity contribution in [3.63, 3.8) is 0 Å². The summed E-state index contributed by atoms with van der Waals surface area (Å²) in [5.41, 5.74) is 13.3. The SMILES string of the molecule is c1ccc(-c2ccc(N(c3ccc(-c4ccccc4)cc3)c3cccc4c3cc(-c3ccccc3)n3nc(-c5ccccc5)cc43)cc2)cc1. The maximum Gasteiger partial charge on any atom is 0.0934 e. The molecule has 2 aromatic heterocycles. The molecule has 0 N–H and O–H groups in total. The Kier molecular flexibility index (Phi) is 7.49. The third kappa shape index (κ3) is 5.41. The molecule has 0 unspecified atom stereocenters. The fourth-order valence-corrected chi connectivity index (χ4v) is 6.94. The van der Waals surface area contributed by atoms with Crippen molar-refractivity contribution < 1.29 is 0 Å². The van der Waals surface area contributed by atoms with Crippen LogP contribution >= 0.6 is 0 Å².